The maximum absolute atomic E-state index is 11.1. The first-order chi connectivity index (χ1) is 6.15. The minimum absolute atomic E-state index is 0.307. The Hall–Kier alpha value is -0.810. The summed E-state index contributed by atoms with van der Waals surface area (Å²) in [5.41, 5.74) is 5.83. The van der Waals surface area contributed by atoms with Crippen LogP contribution in [0.3, 0.4) is 0 Å². The van der Waals surface area contributed by atoms with Crippen molar-refractivity contribution in [1.29, 1.82) is 0 Å². The zero-order valence-corrected chi connectivity index (χ0v) is 8.56. The Bertz CT molecular complexity index is 302. The van der Waals surface area contributed by atoms with E-state index in [-0.39, 0.29) is 0 Å². The first-order valence-corrected chi connectivity index (χ1v) is 4.98. The van der Waals surface area contributed by atoms with Gasteiger partial charge < -0.3 is 10.5 Å². The number of rotatable bonds is 3. The molecule has 1 aromatic rings. The van der Waals surface area contributed by atoms with E-state index in [0.29, 0.717) is 17.4 Å². The Morgan fingerprint density at radius 1 is 1.92 bits per heavy atom. The summed E-state index contributed by atoms with van der Waals surface area (Å²) in [5.74, 6) is -0.491. The molecule has 1 heterocycles. The van der Waals surface area contributed by atoms with Crippen LogP contribution in [0, 0.1) is 0 Å². The van der Waals surface area contributed by atoms with E-state index in [4.69, 9.17) is 22.1 Å². The van der Waals surface area contributed by atoms with Gasteiger partial charge in [-0.3, -0.25) is 4.79 Å². The van der Waals surface area contributed by atoms with Crippen molar-refractivity contribution in [3.63, 3.8) is 0 Å². The van der Waals surface area contributed by atoms with Crippen LogP contribution in [-0.4, -0.2) is 17.6 Å². The molecule has 2 N–H and O–H groups in total. The lowest BCUT2D eigenvalue weighted by Gasteiger charge is -2.04. The third-order valence-electron chi connectivity index (χ3n) is 1.29. The standard InChI is InChI=1S/C7H9ClN2O2S/c1-2-12-6(11)5(8)4-3-13-7(9)10-4/h3,5H,2H2,1H3,(H2,9,10). The Kier molecular flexibility index (Phi) is 3.50. The van der Waals surface area contributed by atoms with Gasteiger partial charge in [-0.1, -0.05) is 0 Å². The summed E-state index contributed by atoms with van der Waals surface area (Å²) in [6, 6.07) is 0. The monoisotopic (exact) mass is 220 g/mol. The summed E-state index contributed by atoms with van der Waals surface area (Å²) in [4.78, 5) is 15.0. The summed E-state index contributed by atoms with van der Waals surface area (Å²) in [6.07, 6.45) is 0. The van der Waals surface area contributed by atoms with Crippen LogP contribution >= 0.6 is 22.9 Å². The van der Waals surface area contributed by atoms with Crippen molar-refractivity contribution >= 4 is 34.0 Å². The lowest BCUT2D eigenvalue weighted by atomic mass is 10.3. The first kappa shape index (κ1) is 10.3. The molecule has 1 atom stereocenters. The predicted molar refractivity (Wildman–Crippen MR) is 51.8 cm³/mol. The average molecular weight is 221 g/mol. The number of aromatic nitrogens is 1. The fourth-order valence-corrected chi connectivity index (χ4v) is 1.59. The molecule has 1 rings (SSSR count). The van der Waals surface area contributed by atoms with Gasteiger partial charge in [0.05, 0.1) is 12.3 Å². The number of hydrogen-bond donors (Lipinski definition) is 1. The second kappa shape index (κ2) is 4.43. The van der Waals surface area contributed by atoms with Crippen LogP contribution in [0.4, 0.5) is 5.13 Å². The molecule has 6 heteroatoms. The van der Waals surface area contributed by atoms with Gasteiger partial charge in [0.1, 0.15) is 0 Å². The molecule has 1 aromatic heterocycles. The predicted octanol–water partition coefficient (Wildman–Crippen LogP) is 1.57. The number of thiazole rings is 1. The molecule has 0 amide bonds. The zero-order chi connectivity index (χ0) is 9.84. The van der Waals surface area contributed by atoms with Gasteiger partial charge in [0, 0.05) is 5.38 Å². The van der Waals surface area contributed by atoms with E-state index < -0.39 is 11.3 Å². The quantitative estimate of drug-likeness (QED) is 0.620. The largest absolute Gasteiger partial charge is 0.465 e. The number of ether oxygens (including phenoxy) is 1. The molecule has 0 aliphatic heterocycles. The normalized spacial score (nSPS) is 12.5. The minimum atomic E-state index is -0.853. The summed E-state index contributed by atoms with van der Waals surface area (Å²) in [5, 5.41) is 1.18. The van der Waals surface area contributed by atoms with E-state index >= 15 is 0 Å². The van der Waals surface area contributed by atoms with Crippen molar-refractivity contribution in [2.45, 2.75) is 12.3 Å². The number of nitrogen functional groups attached to an aromatic ring is 1. The van der Waals surface area contributed by atoms with Crippen molar-refractivity contribution in [3.8, 4) is 0 Å². The number of carbonyl (C=O) groups is 1. The number of halogens is 1. The third kappa shape index (κ3) is 2.57. The molecule has 0 fully saturated rings. The summed E-state index contributed by atoms with van der Waals surface area (Å²) in [7, 11) is 0. The number of alkyl halides is 1. The fourth-order valence-electron chi connectivity index (χ4n) is 0.753. The van der Waals surface area contributed by atoms with Crippen LogP contribution in [-0.2, 0) is 9.53 Å². The molecular weight excluding hydrogens is 212 g/mol. The number of hydrogen-bond acceptors (Lipinski definition) is 5. The highest BCUT2D eigenvalue weighted by molar-refractivity contribution is 7.13. The molecule has 0 bridgehead atoms. The van der Waals surface area contributed by atoms with E-state index in [9.17, 15) is 4.79 Å². The van der Waals surface area contributed by atoms with Crippen molar-refractivity contribution in [1.82, 2.24) is 4.98 Å². The lowest BCUT2D eigenvalue weighted by Crippen LogP contribution is -2.11. The van der Waals surface area contributed by atoms with Crippen LogP contribution in [0.25, 0.3) is 0 Å². The Morgan fingerprint density at radius 3 is 3.08 bits per heavy atom. The van der Waals surface area contributed by atoms with E-state index in [0.717, 1.165) is 0 Å². The van der Waals surface area contributed by atoms with Crippen molar-refractivity contribution in [3.05, 3.63) is 11.1 Å². The van der Waals surface area contributed by atoms with E-state index in [1.165, 1.54) is 11.3 Å². The molecule has 1 unspecified atom stereocenters. The summed E-state index contributed by atoms with van der Waals surface area (Å²) >= 11 is 7.01. The lowest BCUT2D eigenvalue weighted by molar-refractivity contribution is -0.142. The molecule has 72 valence electrons. The van der Waals surface area contributed by atoms with Gasteiger partial charge in [-0.2, -0.15) is 0 Å². The van der Waals surface area contributed by atoms with Crippen LogP contribution in [0.2, 0.25) is 0 Å². The molecule has 13 heavy (non-hydrogen) atoms. The van der Waals surface area contributed by atoms with Crippen LogP contribution in [0.5, 0.6) is 0 Å². The van der Waals surface area contributed by atoms with Gasteiger partial charge >= 0.3 is 5.97 Å². The molecule has 0 radical (unpaired) electrons. The summed E-state index contributed by atoms with van der Waals surface area (Å²) in [6.45, 7) is 2.03. The maximum atomic E-state index is 11.1. The SMILES string of the molecule is CCOC(=O)C(Cl)c1csc(N)n1. The van der Waals surface area contributed by atoms with Crippen LogP contribution in [0.15, 0.2) is 5.38 Å². The van der Waals surface area contributed by atoms with Gasteiger partial charge in [-0.25, -0.2) is 4.98 Å². The van der Waals surface area contributed by atoms with Crippen LogP contribution < -0.4 is 5.73 Å². The van der Waals surface area contributed by atoms with Crippen molar-refractivity contribution < 1.29 is 9.53 Å². The number of anilines is 1. The summed E-state index contributed by atoms with van der Waals surface area (Å²) < 4.78 is 4.72. The first-order valence-electron chi connectivity index (χ1n) is 3.66. The highest BCUT2D eigenvalue weighted by Gasteiger charge is 2.21. The maximum Gasteiger partial charge on any atom is 0.330 e. The molecule has 0 spiro atoms. The fraction of sp³-hybridized carbons (Fsp3) is 0.429. The Labute approximate surface area is 84.7 Å². The van der Waals surface area contributed by atoms with Gasteiger partial charge in [-0.05, 0) is 6.92 Å². The molecule has 4 nitrogen and oxygen atoms in total. The highest BCUT2D eigenvalue weighted by Crippen LogP contribution is 2.24. The molecule has 0 aliphatic carbocycles. The number of esters is 1. The van der Waals surface area contributed by atoms with E-state index in [1.807, 2.05) is 0 Å². The molecule has 0 saturated carbocycles. The second-order valence-corrected chi connectivity index (χ2v) is 3.55. The Balaban J connectivity index is 2.67. The number of carbonyl (C=O) groups excluding carboxylic acids is 1. The van der Waals surface area contributed by atoms with Gasteiger partial charge in [0.25, 0.3) is 0 Å². The minimum Gasteiger partial charge on any atom is -0.465 e. The van der Waals surface area contributed by atoms with Gasteiger partial charge in [0.15, 0.2) is 10.5 Å². The number of nitrogens with zero attached hydrogens (tertiary/aromatic N) is 1. The van der Waals surface area contributed by atoms with Crippen molar-refractivity contribution in [2.24, 2.45) is 0 Å². The third-order valence-corrected chi connectivity index (χ3v) is 2.39. The van der Waals surface area contributed by atoms with E-state index in [1.54, 1.807) is 12.3 Å². The average Bonchev–Trinajstić information content (AvgIpc) is 2.51. The Morgan fingerprint density at radius 2 is 2.62 bits per heavy atom. The molecule has 0 aliphatic rings. The van der Waals surface area contributed by atoms with E-state index in [2.05, 4.69) is 4.98 Å². The molecule has 0 saturated heterocycles. The van der Waals surface area contributed by atoms with Gasteiger partial charge in [0.2, 0.25) is 0 Å². The highest BCUT2D eigenvalue weighted by atomic mass is 35.5. The zero-order valence-electron chi connectivity index (χ0n) is 6.99. The topological polar surface area (TPSA) is 65.2 Å². The van der Waals surface area contributed by atoms with Crippen LogP contribution in [0.1, 0.15) is 18.0 Å². The molecule has 0 aromatic carbocycles. The second-order valence-electron chi connectivity index (χ2n) is 2.23. The van der Waals surface area contributed by atoms with Crippen molar-refractivity contribution in [2.75, 3.05) is 12.3 Å². The number of nitrogens with two attached hydrogens (primary N) is 1. The smallest absolute Gasteiger partial charge is 0.330 e. The van der Waals surface area contributed by atoms with Gasteiger partial charge in [-0.15, -0.1) is 22.9 Å². The molecular formula is C7H9ClN2O2S.